The highest BCUT2D eigenvalue weighted by Crippen LogP contribution is 2.15. The van der Waals surface area contributed by atoms with E-state index in [1.54, 1.807) is 17.1 Å². The smallest absolute Gasteiger partial charge is 0.105 e. The van der Waals surface area contributed by atoms with Gasteiger partial charge in [0.05, 0.1) is 24.1 Å². The zero-order valence-corrected chi connectivity index (χ0v) is 8.46. The Morgan fingerprint density at radius 2 is 2.40 bits per heavy atom. The maximum atomic E-state index is 6.01. The number of rotatable bonds is 4. The number of nitrogens with zero attached hydrogens (tertiary/aromatic N) is 5. The zero-order chi connectivity index (χ0) is 10.7. The molecule has 0 aliphatic rings. The first-order chi connectivity index (χ1) is 7.33. The predicted molar refractivity (Wildman–Crippen MR) is 52.7 cm³/mol. The summed E-state index contributed by atoms with van der Waals surface area (Å²) in [7, 11) is 0. The number of H-pyrrole nitrogens is 1. The van der Waals surface area contributed by atoms with E-state index >= 15 is 0 Å². The molecule has 0 saturated heterocycles. The van der Waals surface area contributed by atoms with Gasteiger partial charge in [-0.25, -0.2) is 4.68 Å². The van der Waals surface area contributed by atoms with Crippen LogP contribution in [0.25, 0.3) is 0 Å². The van der Waals surface area contributed by atoms with Gasteiger partial charge in [-0.15, -0.1) is 5.10 Å². The van der Waals surface area contributed by atoms with Gasteiger partial charge in [-0.3, -0.25) is 0 Å². The maximum Gasteiger partial charge on any atom is 0.105 e. The largest absolute Gasteiger partial charge is 0.318 e. The molecule has 80 valence electrons. The molecule has 1 unspecified atom stereocenters. The molecular weight excluding hydrogens is 194 g/mol. The van der Waals surface area contributed by atoms with Gasteiger partial charge in [0.2, 0.25) is 0 Å². The minimum absolute atomic E-state index is 0.328. The summed E-state index contributed by atoms with van der Waals surface area (Å²) in [5, 5.41) is 18.0. The molecule has 0 aromatic carbocycles. The Kier molecular flexibility index (Phi) is 2.72. The molecule has 0 radical (unpaired) electrons. The quantitative estimate of drug-likeness (QED) is 0.726. The van der Waals surface area contributed by atoms with Gasteiger partial charge in [-0.1, -0.05) is 12.1 Å². The van der Waals surface area contributed by atoms with Crippen LogP contribution in [-0.2, 0) is 6.54 Å². The van der Waals surface area contributed by atoms with Gasteiger partial charge < -0.3 is 5.73 Å². The van der Waals surface area contributed by atoms with E-state index in [2.05, 4.69) is 32.6 Å². The third kappa shape index (κ3) is 1.86. The topological polar surface area (TPSA) is 98.3 Å². The Bertz CT molecular complexity index is 404. The van der Waals surface area contributed by atoms with Crippen LogP contribution in [0.15, 0.2) is 12.4 Å². The molecule has 3 N–H and O–H groups in total. The molecule has 15 heavy (non-hydrogen) atoms. The van der Waals surface area contributed by atoms with Gasteiger partial charge in [0.25, 0.3) is 0 Å². The number of hydrogen-bond acceptors (Lipinski definition) is 5. The Morgan fingerprint density at radius 3 is 3.07 bits per heavy atom. The number of hydrogen-bond donors (Lipinski definition) is 2. The highest BCUT2D eigenvalue weighted by molar-refractivity contribution is 5.15. The van der Waals surface area contributed by atoms with E-state index in [1.165, 1.54) is 0 Å². The molecule has 0 spiro atoms. The first kappa shape index (κ1) is 9.78. The molecular formula is C8H13N7. The number of aromatic amines is 1. The van der Waals surface area contributed by atoms with Gasteiger partial charge in [0, 0.05) is 6.54 Å². The minimum Gasteiger partial charge on any atom is -0.318 e. The second-order valence-corrected chi connectivity index (χ2v) is 3.25. The molecule has 0 fully saturated rings. The summed E-state index contributed by atoms with van der Waals surface area (Å²) in [5.74, 6) is 0. The van der Waals surface area contributed by atoms with Gasteiger partial charge in [0.1, 0.15) is 5.69 Å². The molecule has 0 bridgehead atoms. The number of aryl methyl sites for hydroxylation is 1. The van der Waals surface area contributed by atoms with Crippen LogP contribution in [0, 0.1) is 0 Å². The third-order valence-electron chi connectivity index (χ3n) is 2.15. The minimum atomic E-state index is -0.328. The van der Waals surface area contributed by atoms with Crippen molar-refractivity contribution in [3.8, 4) is 0 Å². The normalized spacial score (nSPS) is 12.9. The fraction of sp³-hybridized carbons (Fsp3) is 0.500. The summed E-state index contributed by atoms with van der Waals surface area (Å²) in [6.07, 6.45) is 4.25. The van der Waals surface area contributed by atoms with Crippen molar-refractivity contribution in [2.45, 2.75) is 25.9 Å². The SMILES string of the molecule is CCCn1nncc1C(N)c1cn[nH]n1. The predicted octanol–water partition coefficient (Wildman–Crippen LogP) is -0.146. The van der Waals surface area contributed by atoms with Crippen molar-refractivity contribution in [3.05, 3.63) is 23.8 Å². The van der Waals surface area contributed by atoms with Crippen LogP contribution in [-0.4, -0.2) is 30.4 Å². The van der Waals surface area contributed by atoms with Gasteiger partial charge in [-0.05, 0) is 6.42 Å². The molecule has 7 nitrogen and oxygen atoms in total. The van der Waals surface area contributed by atoms with E-state index in [4.69, 9.17) is 5.73 Å². The molecule has 0 amide bonds. The van der Waals surface area contributed by atoms with Crippen molar-refractivity contribution >= 4 is 0 Å². The molecule has 2 aromatic heterocycles. The molecule has 0 aliphatic carbocycles. The highest BCUT2D eigenvalue weighted by atomic mass is 15.4. The molecule has 1 atom stereocenters. The van der Waals surface area contributed by atoms with Crippen LogP contribution >= 0.6 is 0 Å². The fourth-order valence-corrected chi connectivity index (χ4v) is 1.40. The van der Waals surface area contributed by atoms with Crippen LogP contribution < -0.4 is 5.73 Å². The first-order valence-electron chi connectivity index (χ1n) is 4.82. The molecule has 2 heterocycles. The summed E-state index contributed by atoms with van der Waals surface area (Å²) in [5.41, 5.74) is 7.55. The van der Waals surface area contributed by atoms with E-state index in [9.17, 15) is 0 Å². The van der Waals surface area contributed by atoms with E-state index in [0.29, 0.717) is 5.69 Å². The molecule has 2 rings (SSSR count). The average Bonchev–Trinajstić information content (AvgIpc) is 2.87. The second-order valence-electron chi connectivity index (χ2n) is 3.25. The summed E-state index contributed by atoms with van der Waals surface area (Å²) in [6.45, 7) is 2.88. The summed E-state index contributed by atoms with van der Waals surface area (Å²) in [4.78, 5) is 0. The standard InChI is InChI=1S/C8H13N7/c1-2-3-15-7(5-11-14-15)8(9)6-4-10-13-12-6/h4-5,8H,2-3,9H2,1H3,(H,10,12,13). The highest BCUT2D eigenvalue weighted by Gasteiger charge is 2.16. The maximum absolute atomic E-state index is 6.01. The van der Waals surface area contributed by atoms with Crippen LogP contribution in [0.1, 0.15) is 30.8 Å². The zero-order valence-electron chi connectivity index (χ0n) is 8.46. The van der Waals surface area contributed by atoms with Crippen LogP contribution in [0.5, 0.6) is 0 Å². The monoisotopic (exact) mass is 207 g/mol. The fourth-order valence-electron chi connectivity index (χ4n) is 1.40. The average molecular weight is 207 g/mol. The van der Waals surface area contributed by atoms with Crippen molar-refractivity contribution in [2.24, 2.45) is 5.73 Å². The number of nitrogens with one attached hydrogen (secondary N) is 1. The third-order valence-corrected chi connectivity index (χ3v) is 2.15. The van der Waals surface area contributed by atoms with E-state index in [0.717, 1.165) is 18.7 Å². The van der Waals surface area contributed by atoms with Gasteiger partial charge in [0.15, 0.2) is 0 Å². The molecule has 7 heteroatoms. The van der Waals surface area contributed by atoms with E-state index < -0.39 is 0 Å². The lowest BCUT2D eigenvalue weighted by atomic mass is 10.2. The molecule has 2 aromatic rings. The molecule has 0 aliphatic heterocycles. The van der Waals surface area contributed by atoms with Crippen molar-refractivity contribution in [1.29, 1.82) is 0 Å². The Hall–Kier alpha value is -1.76. The van der Waals surface area contributed by atoms with Crippen molar-refractivity contribution < 1.29 is 0 Å². The Labute approximate surface area is 86.7 Å². The van der Waals surface area contributed by atoms with Gasteiger partial charge in [-0.2, -0.15) is 15.4 Å². The lowest BCUT2D eigenvalue weighted by Crippen LogP contribution is -2.18. The number of aromatic nitrogens is 6. The van der Waals surface area contributed by atoms with Crippen LogP contribution in [0.2, 0.25) is 0 Å². The van der Waals surface area contributed by atoms with Crippen molar-refractivity contribution in [1.82, 2.24) is 30.4 Å². The lowest BCUT2D eigenvalue weighted by molar-refractivity contribution is 0.541. The van der Waals surface area contributed by atoms with Crippen molar-refractivity contribution in [3.63, 3.8) is 0 Å². The lowest BCUT2D eigenvalue weighted by Gasteiger charge is -2.09. The second kappa shape index (κ2) is 4.18. The summed E-state index contributed by atoms with van der Waals surface area (Å²) < 4.78 is 1.79. The van der Waals surface area contributed by atoms with E-state index in [1.807, 2.05) is 0 Å². The van der Waals surface area contributed by atoms with E-state index in [-0.39, 0.29) is 6.04 Å². The van der Waals surface area contributed by atoms with Crippen molar-refractivity contribution in [2.75, 3.05) is 0 Å². The summed E-state index contributed by atoms with van der Waals surface area (Å²) in [6, 6.07) is -0.328. The Morgan fingerprint density at radius 1 is 1.53 bits per heavy atom. The first-order valence-corrected chi connectivity index (χ1v) is 4.82. The van der Waals surface area contributed by atoms with Crippen LogP contribution in [0.3, 0.4) is 0 Å². The van der Waals surface area contributed by atoms with Gasteiger partial charge >= 0.3 is 0 Å². The molecule has 0 saturated carbocycles. The Balaban J connectivity index is 2.25. The number of nitrogens with two attached hydrogens (primary N) is 1. The summed E-state index contributed by atoms with van der Waals surface area (Å²) >= 11 is 0. The van der Waals surface area contributed by atoms with Crippen LogP contribution in [0.4, 0.5) is 0 Å².